The predicted octanol–water partition coefficient (Wildman–Crippen LogP) is 2.56. The average Bonchev–Trinajstić information content (AvgIpc) is 3.05. The van der Waals surface area contributed by atoms with Gasteiger partial charge < -0.3 is 11.1 Å². The zero-order valence-electron chi connectivity index (χ0n) is 10.8. The molecule has 0 spiro atoms. The second kappa shape index (κ2) is 4.19. The van der Waals surface area contributed by atoms with E-state index in [1.807, 2.05) is 0 Å². The predicted molar refractivity (Wildman–Crippen MR) is 78.0 cm³/mol. The Morgan fingerprint density at radius 2 is 2.11 bits per heavy atom. The van der Waals surface area contributed by atoms with Crippen LogP contribution >= 0.6 is 12.2 Å². The van der Waals surface area contributed by atoms with Crippen molar-refractivity contribution in [3.8, 4) is 0 Å². The van der Waals surface area contributed by atoms with E-state index in [1.165, 1.54) is 36.9 Å². The number of pyridine rings is 1. The van der Waals surface area contributed by atoms with Crippen LogP contribution in [0.4, 0.5) is 5.82 Å². The van der Waals surface area contributed by atoms with Crippen molar-refractivity contribution in [2.75, 3.05) is 5.32 Å². The first-order valence-corrected chi connectivity index (χ1v) is 7.09. The number of aryl methyl sites for hydroxylation is 2. The van der Waals surface area contributed by atoms with Gasteiger partial charge in [-0.25, -0.2) is 4.98 Å². The number of rotatable bonds is 3. The Hall–Kier alpha value is -1.16. The van der Waals surface area contributed by atoms with Crippen molar-refractivity contribution in [2.24, 2.45) is 5.73 Å². The number of nitrogens with zero attached hydrogens (tertiary/aromatic N) is 1. The number of thiocarbonyl (C=S) groups is 1. The number of hydrogen-bond donors (Lipinski definition) is 2. The maximum absolute atomic E-state index is 5.84. The molecule has 3 rings (SSSR count). The monoisotopic (exact) mass is 261 g/mol. The minimum absolute atomic E-state index is 0.204. The topological polar surface area (TPSA) is 50.9 Å². The molecule has 96 valence electrons. The van der Waals surface area contributed by atoms with Crippen LogP contribution in [0.3, 0.4) is 0 Å². The third-order valence-corrected chi connectivity index (χ3v) is 4.21. The van der Waals surface area contributed by atoms with Gasteiger partial charge in [0.05, 0.1) is 5.56 Å². The van der Waals surface area contributed by atoms with Crippen molar-refractivity contribution < 1.29 is 0 Å². The molecule has 2 aliphatic carbocycles. The highest BCUT2D eigenvalue weighted by Gasteiger charge is 2.38. The molecule has 0 bridgehead atoms. The zero-order valence-corrected chi connectivity index (χ0v) is 11.6. The standard InChI is InChI=1S/C14H19N3S/c1-14(6-7-14)17-13-10(12(15)18)8-9-4-2-3-5-11(9)16-13/h8H,2-7H2,1H3,(H2,15,18)(H,16,17). The highest BCUT2D eigenvalue weighted by atomic mass is 32.1. The van der Waals surface area contributed by atoms with Gasteiger partial charge in [0.25, 0.3) is 0 Å². The minimum atomic E-state index is 0.204. The minimum Gasteiger partial charge on any atom is -0.389 e. The molecule has 2 aliphatic rings. The number of aromatic nitrogens is 1. The number of fused-ring (bicyclic) bond motifs is 1. The Morgan fingerprint density at radius 1 is 1.39 bits per heavy atom. The molecule has 4 heteroatoms. The number of anilines is 1. The Labute approximate surface area is 113 Å². The first-order chi connectivity index (χ1) is 8.57. The second-order valence-electron chi connectivity index (χ2n) is 5.75. The molecule has 1 saturated carbocycles. The molecule has 0 atom stereocenters. The molecule has 1 aromatic heterocycles. The molecule has 0 unspecified atom stereocenters. The first-order valence-electron chi connectivity index (χ1n) is 6.68. The summed E-state index contributed by atoms with van der Waals surface area (Å²) >= 11 is 5.16. The van der Waals surface area contributed by atoms with Gasteiger partial charge in [-0.15, -0.1) is 0 Å². The van der Waals surface area contributed by atoms with E-state index in [0.717, 1.165) is 24.2 Å². The van der Waals surface area contributed by atoms with Gasteiger partial charge in [-0.1, -0.05) is 12.2 Å². The molecule has 3 N–H and O–H groups in total. The summed E-state index contributed by atoms with van der Waals surface area (Å²) in [6.07, 6.45) is 7.07. The molecular weight excluding hydrogens is 242 g/mol. The lowest BCUT2D eigenvalue weighted by Gasteiger charge is -2.21. The van der Waals surface area contributed by atoms with E-state index >= 15 is 0 Å². The van der Waals surface area contributed by atoms with Gasteiger partial charge >= 0.3 is 0 Å². The summed E-state index contributed by atoms with van der Waals surface area (Å²) in [5, 5.41) is 3.51. The van der Waals surface area contributed by atoms with Gasteiger partial charge in [0.15, 0.2) is 0 Å². The molecule has 1 fully saturated rings. The quantitative estimate of drug-likeness (QED) is 0.821. The Morgan fingerprint density at radius 3 is 2.78 bits per heavy atom. The lowest BCUT2D eigenvalue weighted by Crippen LogP contribution is -2.23. The van der Waals surface area contributed by atoms with Crippen molar-refractivity contribution >= 4 is 23.0 Å². The van der Waals surface area contributed by atoms with Gasteiger partial charge in [0, 0.05) is 11.2 Å². The summed E-state index contributed by atoms with van der Waals surface area (Å²) < 4.78 is 0. The van der Waals surface area contributed by atoms with Crippen LogP contribution in [0.5, 0.6) is 0 Å². The van der Waals surface area contributed by atoms with E-state index in [2.05, 4.69) is 18.3 Å². The summed E-state index contributed by atoms with van der Waals surface area (Å²) in [6, 6.07) is 2.15. The number of nitrogens with one attached hydrogen (secondary N) is 1. The third kappa shape index (κ3) is 2.21. The highest BCUT2D eigenvalue weighted by molar-refractivity contribution is 7.80. The molecule has 1 heterocycles. The summed E-state index contributed by atoms with van der Waals surface area (Å²) in [7, 11) is 0. The SMILES string of the molecule is CC1(Nc2nc3c(cc2C(N)=S)CCCC3)CC1. The Bertz CT molecular complexity index is 506. The second-order valence-corrected chi connectivity index (χ2v) is 6.19. The van der Waals surface area contributed by atoms with Gasteiger partial charge in [-0.2, -0.15) is 0 Å². The zero-order chi connectivity index (χ0) is 12.8. The van der Waals surface area contributed by atoms with E-state index < -0.39 is 0 Å². The molecule has 18 heavy (non-hydrogen) atoms. The largest absolute Gasteiger partial charge is 0.389 e. The lowest BCUT2D eigenvalue weighted by atomic mass is 9.94. The van der Waals surface area contributed by atoms with Crippen molar-refractivity contribution in [1.82, 2.24) is 4.98 Å². The summed E-state index contributed by atoms with van der Waals surface area (Å²) in [5.41, 5.74) is 9.52. The van der Waals surface area contributed by atoms with Crippen molar-refractivity contribution in [3.63, 3.8) is 0 Å². The molecule has 0 saturated heterocycles. The van der Waals surface area contributed by atoms with E-state index in [-0.39, 0.29) is 5.54 Å². The van der Waals surface area contributed by atoms with Crippen molar-refractivity contribution in [2.45, 2.75) is 51.0 Å². The van der Waals surface area contributed by atoms with E-state index in [1.54, 1.807) is 0 Å². The number of nitrogens with two attached hydrogens (primary N) is 1. The van der Waals surface area contributed by atoms with Gasteiger partial charge in [-0.05, 0) is 57.1 Å². The molecule has 1 aromatic rings. The van der Waals surface area contributed by atoms with Crippen LogP contribution in [0, 0.1) is 0 Å². The van der Waals surface area contributed by atoms with Crippen LogP contribution in [0.25, 0.3) is 0 Å². The third-order valence-electron chi connectivity index (χ3n) is 3.99. The van der Waals surface area contributed by atoms with Gasteiger partial charge in [0.2, 0.25) is 0 Å². The van der Waals surface area contributed by atoms with Crippen molar-refractivity contribution in [3.05, 3.63) is 22.9 Å². The molecule has 0 aromatic carbocycles. The first kappa shape index (κ1) is 11.9. The molecule has 3 nitrogen and oxygen atoms in total. The fourth-order valence-electron chi connectivity index (χ4n) is 2.52. The fraction of sp³-hybridized carbons (Fsp3) is 0.571. The van der Waals surface area contributed by atoms with Crippen LogP contribution in [-0.2, 0) is 12.8 Å². The number of hydrogen-bond acceptors (Lipinski definition) is 3. The van der Waals surface area contributed by atoms with Gasteiger partial charge in [0.1, 0.15) is 10.8 Å². The molecule has 0 aliphatic heterocycles. The highest BCUT2D eigenvalue weighted by Crippen LogP contribution is 2.39. The maximum Gasteiger partial charge on any atom is 0.136 e. The average molecular weight is 261 g/mol. The summed E-state index contributed by atoms with van der Waals surface area (Å²) in [4.78, 5) is 5.23. The van der Waals surface area contributed by atoms with Gasteiger partial charge in [-0.3, -0.25) is 0 Å². The van der Waals surface area contributed by atoms with Crippen LogP contribution in [-0.4, -0.2) is 15.5 Å². The Balaban J connectivity index is 2.01. The smallest absolute Gasteiger partial charge is 0.136 e. The lowest BCUT2D eigenvalue weighted by molar-refractivity contribution is 0.666. The van der Waals surface area contributed by atoms with E-state index in [0.29, 0.717) is 4.99 Å². The molecule has 0 amide bonds. The van der Waals surface area contributed by atoms with Crippen LogP contribution in [0.1, 0.15) is 49.4 Å². The molecule has 0 radical (unpaired) electrons. The summed E-state index contributed by atoms with van der Waals surface area (Å²) in [5.74, 6) is 0.892. The Kier molecular flexibility index (Phi) is 2.77. The van der Waals surface area contributed by atoms with E-state index in [9.17, 15) is 0 Å². The molecular formula is C14H19N3S. The maximum atomic E-state index is 5.84. The normalized spacial score (nSPS) is 20.1. The van der Waals surface area contributed by atoms with Crippen molar-refractivity contribution in [1.29, 1.82) is 0 Å². The fourth-order valence-corrected chi connectivity index (χ4v) is 2.67. The summed E-state index contributed by atoms with van der Waals surface area (Å²) in [6.45, 7) is 2.22. The van der Waals surface area contributed by atoms with E-state index in [4.69, 9.17) is 22.9 Å². The van der Waals surface area contributed by atoms with Crippen LogP contribution < -0.4 is 11.1 Å². The van der Waals surface area contributed by atoms with Crippen LogP contribution in [0.2, 0.25) is 0 Å². The van der Waals surface area contributed by atoms with Crippen LogP contribution in [0.15, 0.2) is 6.07 Å².